The number of hydrogen-bond donors (Lipinski definition) is 0. The van der Waals surface area contributed by atoms with Crippen LogP contribution in [0.5, 0.6) is 0 Å². The standard InChI is InChI=1S/C18H25N3O3S/c1-14(25-17-8-6-16(7-9-17)21(23)24)18(22)20-12-10-19(11-13-20)15-4-2-3-5-15/h6-9,14-15H,2-5,10-13H2,1H3. The van der Waals surface area contributed by atoms with Crippen LogP contribution in [0.1, 0.15) is 32.6 Å². The summed E-state index contributed by atoms with van der Waals surface area (Å²) in [5.74, 6) is 0.162. The molecule has 0 bridgehead atoms. The summed E-state index contributed by atoms with van der Waals surface area (Å²) in [4.78, 5) is 28.4. The van der Waals surface area contributed by atoms with E-state index in [0.717, 1.165) is 37.1 Å². The van der Waals surface area contributed by atoms with Gasteiger partial charge in [0.15, 0.2) is 0 Å². The smallest absolute Gasteiger partial charge is 0.269 e. The Kier molecular flexibility index (Phi) is 5.96. The quantitative estimate of drug-likeness (QED) is 0.457. The molecule has 7 heteroatoms. The van der Waals surface area contributed by atoms with Gasteiger partial charge in [0.25, 0.3) is 5.69 Å². The SMILES string of the molecule is CC(Sc1ccc([N+](=O)[O-])cc1)C(=O)N1CCN(C2CCCC2)CC1. The Labute approximate surface area is 152 Å². The highest BCUT2D eigenvalue weighted by Crippen LogP contribution is 2.28. The van der Waals surface area contributed by atoms with Gasteiger partial charge in [-0.1, -0.05) is 12.8 Å². The van der Waals surface area contributed by atoms with Crippen molar-refractivity contribution in [2.75, 3.05) is 26.2 Å². The predicted octanol–water partition coefficient (Wildman–Crippen LogP) is 3.16. The minimum absolute atomic E-state index is 0.0753. The maximum absolute atomic E-state index is 12.7. The highest BCUT2D eigenvalue weighted by Gasteiger charge is 2.29. The van der Waals surface area contributed by atoms with Crippen LogP contribution >= 0.6 is 11.8 Å². The highest BCUT2D eigenvalue weighted by atomic mass is 32.2. The Morgan fingerprint density at radius 1 is 1.16 bits per heavy atom. The van der Waals surface area contributed by atoms with Crippen molar-refractivity contribution in [3.8, 4) is 0 Å². The lowest BCUT2D eigenvalue weighted by atomic mass is 10.2. The van der Waals surface area contributed by atoms with E-state index in [1.54, 1.807) is 12.1 Å². The summed E-state index contributed by atoms with van der Waals surface area (Å²) in [5, 5.41) is 10.5. The fraction of sp³-hybridized carbons (Fsp3) is 0.611. The molecule has 136 valence electrons. The summed E-state index contributed by atoms with van der Waals surface area (Å²) >= 11 is 1.46. The molecule has 0 radical (unpaired) electrons. The maximum Gasteiger partial charge on any atom is 0.269 e. The van der Waals surface area contributed by atoms with Gasteiger partial charge in [0.2, 0.25) is 5.91 Å². The Bertz CT molecular complexity index is 608. The van der Waals surface area contributed by atoms with Gasteiger partial charge in [0, 0.05) is 49.2 Å². The molecule has 1 aromatic carbocycles. The molecule has 0 spiro atoms. The maximum atomic E-state index is 12.7. The first-order chi connectivity index (χ1) is 12.0. The number of piperazine rings is 1. The van der Waals surface area contributed by atoms with E-state index in [1.807, 2.05) is 11.8 Å². The summed E-state index contributed by atoms with van der Waals surface area (Å²) in [5.41, 5.74) is 0.0753. The van der Waals surface area contributed by atoms with Crippen LogP contribution in [-0.4, -0.2) is 58.1 Å². The molecule has 2 aliphatic rings. The van der Waals surface area contributed by atoms with E-state index < -0.39 is 4.92 Å². The summed E-state index contributed by atoms with van der Waals surface area (Å²) in [7, 11) is 0. The normalized spacial score (nSPS) is 20.6. The van der Waals surface area contributed by atoms with Crippen LogP contribution in [0.3, 0.4) is 0 Å². The number of hydrogen-bond acceptors (Lipinski definition) is 5. The largest absolute Gasteiger partial charge is 0.339 e. The molecule has 1 heterocycles. The van der Waals surface area contributed by atoms with Crippen LogP contribution in [0.15, 0.2) is 29.2 Å². The molecule has 1 saturated carbocycles. The summed E-state index contributed by atoms with van der Waals surface area (Å²) < 4.78 is 0. The number of nitro groups is 1. The number of nitro benzene ring substituents is 1. The molecule has 1 amide bonds. The molecule has 1 saturated heterocycles. The van der Waals surface area contributed by atoms with Gasteiger partial charge in [-0.15, -0.1) is 11.8 Å². The lowest BCUT2D eigenvalue weighted by Gasteiger charge is -2.38. The third-order valence-electron chi connectivity index (χ3n) is 5.18. The first-order valence-electron chi connectivity index (χ1n) is 8.98. The third kappa shape index (κ3) is 4.52. The molecule has 1 aliphatic carbocycles. The van der Waals surface area contributed by atoms with Gasteiger partial charge in [-0.2, -0.15) is 0 Å². The number of nitrogens with zero attached hydrogens (tertiary/aromatic N) is 3. The van der Waals surface area contributed by atoms with Crippen molar-refractivity contribution in [1.82, 2.24) is 9.80 Å². The number of carbonyl (C=O) groups excluding carboxylic acids is 1. The van der Waals surface area contributed by atoms with Gasteiger partial charge >= 0.3 is 0 Å². The van der Waals surface area contributed by atoms with Gasteiger partial charge in [-0.05, 0) is 31.9 Å². The van der Waals surface area contributed by atoms with Crippen LogP contribution in [0.25, 0.3) is 0 Å². The topological polar surface area (TPSA) is 66.7 Å². The average molecular weight is 363 g/mol. The van der Waals surface area contributed by atoms with Crippen LogP contribution in [0, 0.1) is 10.1 Å². The molecule has 0 N–H and O–H groups in total. The molecule has 1 atom stereocenters. The minimum atomic E-state index is -0.410. The summed E-state index contributed by atoms with van der Waals surface area (Å²) in [6.45, 7) is 5.48. The molecule has 3 rings (SSSR count). The lowest BCUT2D eigenvalue weighted by molar-refractivity contribution is -0.384. The van der Waals surface area contributed by atoms with Crippen molar-refractivity contribution in [1.29, 1.82) is 0 Å². The fourth-order valence-corrected chi connectivity index (χ4v) is 4.69. The summed E-state index contributed by atoms with van der Waals surface area (Å²) in [6.07, 6.45) is 5.29. The van der Waals surface area contributed by atoms with E-state index in [4.69, 9.17) is 0 Å². The fourth-order valence-electron chi connectivity index (χ4n) is 3.73. The van der Waals surface area contributed by atoms with E-state index >= 15 is 0 Å². The van der Waals surface area contributed by atoms with Crippen LogP contribution in [-0.2, 0) is 4.79 Å². The van der Waals surface area contributed by atoms with Crippen molar-refractivity contribution in [2.45, 2.75) is 48.8 Å². The van der Waals surface area contributed by atoms with Crippen LogP contribution in [0.2, 0.25) is 0 Å². The minimum Gasteiger partial charge on any atom is -0.339 e. The molecule has 1 aromatic rings. The second-order valence-electron chi connectivity index (χ2n) is 6.81. The molecule has 0 aromatic heterocycles. The number of carbonyl (C=O) groups is 1. The molecule has 1 aliphatic heterocycles. The molecular weight excluding hydrogens is 338 g/mol. The molecular formula is C18H25N3O3S. The predicted molar refractivity (Wildman–Crippen MR) is 98.8 cm³/mol. The van der Waals surface area contributed by atoms with E-state index in [-0.39, 0.29) is 16.8 Å². The second kappa shape index (κ2) is 8.19. The number of thioether (sulfide) groups is 1. The summed E-state index contributed by atoms with van der Waals surface area (Å²) in [6, 6.07) is 7.12. The van der Waals surface area contributed by atoms with Crippen molar-refractivity contribution >= 4 is 23.4 Å². The molecule has 1 unspecified atom stereocenters. The Morgan fingerprint density at radius 2 is 1.76 bits per heavy atom. The number of benzene rings is 1. The average Bonchev–Trinajstić information content (AvgIpc) is 3.16. The van der Waals surface area contributed by atoms with E-state index in [0.29, 0.717) is 0 Å². The van der Waals surface area contributed by atoms with Crippen molar-refractivity contribution in [3.63, 3.8) is 0 Å². The highest BCUT2D eigenvalue weighted by molar-refractivity contribution is 8.00. The van der Waals surface area contributed by atoms with Crippen molar-refractivity contribution in [2.24, 2.45) is 0 Å². The number of amides is 1. The van der Waals surface area contributed by atoms with Gasteiger partial charge in [-0.25, -0.2) is 0 Å². The first-order valence-corrected chi connectivity index (χ1v) is 9.86. The molecule has 6 nitrogen and oxygen atoms in total. The Morgan fingerprint density at radius 3 is 2.32 bits per heavy atom. The Hall–Kier alpha value is -1.60. The van der Waals surface area contributed by atoms with Gasteiger partial charge in [0.1, 0.15) is 0 Å². The van der Waals surface area contributed by atoms with E-state index in [9.17, 15) is 14.9 Å². The van der Waals surface area contributed by atoms with E-state index in [2.05, 4.69) is 4.90 Å². The van der Waals surface area contributed by atoms with Crippen molar-refractivity contribution < 1.29 is 9.72 Å². The molecule has 25 heavy (non-hydrogen) atoms. The zero-order valence-corrected chi connectivity index (χ0v) is 15.4. The third-order valence-corrected chi connectivity index (χ3v) is 6.27. The monoisotopic (exact) mass is 363 g/mol. The zero-order valence-electron chi connectivity index (χ0n) is 14.6. The van der Waals surface area contributed by atoms with Gasteiger partial charge in [-0.3, -0.25) is 19.8 Å². The lowest BCUT2D eigenvalue weighted by Crippen LogP contribution is -2.52. The van der Waals surface area contributed by atoms with Gasteiger partial charge < -0.3 is 4.90 Å². The van der Waals surface area contributed by atoms with E-state index in [1.165, 1.54) is 49.6 Å². The first kappa shape index (κ1) is 18.2. The zero-order chi connectivity index (χ0) is 17.8. The van der Waals surface area contributed by atoms with Gasteiger partial charge in [0.05, 0.1) is 10.2 Å². The van der Waals surface area contributed by atoms with Crippen LogP contribution in [0.4, 0.5) is 5.69 Å². The Balaban J connectivity index is 1.49. The number of non-ortho nitro benzene ring substituents is 1. The molecule has 2 fully saturated rings. The number of rotatable bonds is 5. The van der Waals surface area contributed by atoms with Crippen LogP contribution < -0.4 is 0 Å². The van der Waals surface area contributed by atoms with Crippen molar-refractivity contribution in [3.05, 3.63) is 34.4 Å². The second-order valence-corrected chi connectivity index (χ2v) is 8.22.